The van der Waals surface area contributed by atoms with Crippen molar-refractivity contribution in [2.45, 2.75) is 71.1 Å². The Morgan fingerprint density at radius 1 is 0.733 bits per heavy atom. The highest BCUT2D eigenvalue weighted by Crippen LogP contribution is 2.05. The molecule has 1 radical (unpaired) electrons. The standard InChI is InChI=1S/C14H23O/c1-2-3-4-5-6-7-8-9-10-11-12-13-14-15/h2-4,7-13H2,1H3. The number of rotatable bonds is 9. The summed E-state index contributed by atoms with van der Waals surface area (Å²) in [6.45, 7) is 2.19. The van der Waals surface area contributed by atoms with Gasteiger partial charge in [0.2, 0.25) is 0 Å². The first-order valence-electron chi connectivity index (χ1n) is 6.22. The number of hydrogen-bond donors (Lipinski definition) is 0. The lowest BCUT2D eigenvalue weighted by Crippen LogP contribution is -1.80. The average molecular weight is 207 g/mol. The van der Waals surface area contributed by atoms with E-state index in [0.29, 0.717) is 6.42 Å². The molecule has 0 aliphatic carbocycles. The van der Waals surface area contributed by atoms with Crippen molar-refractivity contribution in [2.24, 2.45) is 0 Å². The van der Waals surface area contributed by atoms with E-state index in [2.05, 4.69) is 18.8 Å². The summed E-state index contributed by atoms with van der Waals surface area (Å²) in [5, 5.41) is 0. The summed E-state index contributed by atoms with van der Waals surface area (Å²) in [4.78, 5) is 9.92. The van der Waals surface area contributed by atoms with Gasteiger partial charge < -0.3 is 0 Å². The molecule has 15 heavy (non-hydrogen) atoms. The summed E-state index contributed by atoms with van der Waals surface area (Å²) >= 11 is 0. The quantitative estimate of drug-likeness (QED) is 0.412. The smallest absolute Gasteiger partial charge is 0.198 e. The maximum Gasteiger partial charge on any atom is 0.198 e. The molecule has 0 aromatic heterocycles. The summed E-state index contributed by atoms with van der Waals surface area (Å²) in [5.41, 5.74) is 0. The first-order chi connectivity index (χ1) is 7.41. The molecular formula is C14H23O. The van der Waals surface area contributed by atoms with Gasteiger partial charge in [-0.2, -0.15) is 0 Å². The topological polar surface area (TPSA) is 17.1 Å². The minimum Gasteiger partial charge on any atom is -0.291 e. The molecule has 0 atom stereocenters. The molecule has 0 aliphatic rings. The summed E-state index contributed by atoms with van der Waals surface area (Å²) in [5.74, 6) is 6.41. The van der Waals surface area contributed by atoms with Crippen LogP contribution >= 0.6 is 0 Å². The van der Waals surface area contributed by atoms with Gasteiger partial charge >= 0.3 is 0 Å². The van der Waals surface area contributed by atoms with Crippen LogP contribution in [0.2, 0.25) is 0 Å². The molecule has 0 heterocycles. The zero-order valence-corrected chi connectivity index (χ0v) is 9.98. The first kappa shape index (κ1) is 14.2. The van der Waals surface area contributed by atoms with Crippen molar-refractivity contribution in [1.82, 2.24) is 0 Å². The molecular weight excluding hydrogens is 184 g/mol. The molecule has 0 aromatic rings. The molecule has 0 rings (SSSR count). The van der Waals surface area contributed by atoms with Crippen molar-refractivity contribution in [3.8, 4) is 11.8 Å². The van der Waals surface area contributed by atoms with Crippen molar-refractivity contribution in [2.75, 3.05) is 0 Å². The average Bonchev–Trinajstić information content (AvgIpc) is 2.26. The lowest BCUT2D eigenvalue weighted by Gasteiger charge is -1.95. The summed E-state index contributed by atoms with van der Waals surface area (Å²) in [6, 6.07) is 0. The second-order valence-corrected chi connectivity index (χ2v) is 3.87. The van der Waals surface area contributed by atoms with Crippen molar-refractivity contribution in [3.63, 3.8) is 0 Å². The lowest BCUT2D eigenvalue weighted by molar-refractivity contribution is 0.542. The third-order valence-corrected chi connectivity index (χ3v) is 2.36. The molecule has 85 valence electrons. The van der Waals surface area contributed by atoms with Gasteiger partial charge in [-0.3, -0.25) is 4.79 Å². The predicted octanol–water partition coefficient (Wildman–Crippen LogP) is 4.02. The van der Waals surface area contributed by atoms with Gasteiger partial charge in [-0.15, -0.1) is 11.8 Å². The third-order valence-electron chi connectivity index (χ3n) is 2.36. The maximum atomic E-state index is 9.92. The van der Waals surface area contributed by atoms with E-state index in [-0.39, 0.29) is 0 Å². The van der Waals surface area contributed by atoms with Crippen molar-refractivity contribution in [3.05, 3.63) is 0 Å². The summed E-state index contributed by atoms with van der Waals surface area (Å²) in [7, 11) is 0. The highest BCUT2D eigenvalue weighted by atomic mass is 16.1. The summed E-state index contributed by atoms with van der Waals surface area (Å²) in [6.07, 6.45) is 13.0. The van der Waals surface area contributed by atoms with Gasteiger partial charge in [0.25, 0.3) is 0 Å². The van der Waals surface area contributed by atoms with E-state index >= 15 is 0 Å². The maximum absolute atomic E-state index is 9.92. The molecule has 0 fully saturated rings. The molecule has 0 saturated carbocycles. The SMILES string of the molecule is CCCCC#CCCCCCCC[C]=O. The normalized spacial score (nSPS) is 9.40. The Morgan fingerprint density at radius 2 is 1.27 bits per heavy atom. The van der Waals surface area contributed by atoms with Gasteiger partial charge in [0.15, 0.2) is 6.29 Å². The fourth-order valence-corrected chi connectivity index (χ4v) is 1.38. The molecule has 0 N–H and O–H groups in total. The van der Waals surface area contributed by atoms with Gasteiger partial charge in [0, 0.05) is 19.3 Å². The Labute approximate surface area is 94.6 Å². The van der Waals surface area contributed by atoms with E-state index in [9.17, 15) is 4.79 Å². The van der Waals surface area contributed by atoms with Gasteiger partial charge in [0.1, 0.15) is 0 Å². The van der Waals surface area contributed by atoms with Crippen LogP contribution in [0, 0.1) is 11.8 Å². The van der Waals surface area contributed by atoms with Gasteiger partial charge in [-0.05, 0) is 19.3 Å². The minimum absolute atomic E-state index is 0.608. The van der Waals surface area contributed by atoms with Crippen molar-refractivity contribution < 1.29 is 4.79 Å². The van der Waals surface area contributed by atoms with Crippen LogP contribution in [0.25, 0.3) is 0 Å². The number of unbranched alkanes of at least 4 members (excludes halogenated alkanes) is 8. The van der Waals surface area contributed by atoms with Crippen LogP contribution in [0.5, 0.6) is 0 Å². The molecule has 0 unspecified atom stereocenters. The highest BCUT2D eigenvalue weighted by Gasteiger charge is 1.89. The van der Waals surface area contributed by atoms with E-state index in [1.807, 2.05) is 6.29 Å². The molecule has 0 bridgehead atoms. The molecule has 0 spiro atoms. The number of carbonyl (C=O) groups excluding carboxylic acids is 1. The lowest BCUT2D eigenvalue weighted by atomic mass is 10.1. The van der Waals surface area contributed by atoms with Crippen LogP contribution < -0.4 is 0 Å². The van der Waals surface area contributed by atoms with E-state index in [4.69, 9.17) is 0 Å². The van der Waals surface area contributed by atoms with Crippen LogP contribution in [-0.4, -0.2) is 6.29 Å². The zero-order chi connectivity index (χ0) is 11.2. The molecule has 0 amide bonds. The van der Waals surface area contributed by atoms with Crippen molar-refractivity contribution >= 4 is 6.29 Å². The highest BCUT2D eigenvalue weighted by molar-refractivity contribution is 5.50. The van der Waals surface area contributed by atoms with Crippen LogP contribution in [0.1, 0.15) is 71.1 Å². The Balaban J connectivity index is 3.02. The second kappa shape index (κ2) is 13.2. The van der Waals surface area contributed by atoms with Gasteiger partial charge in [0.05, 0.1) is 0 Å². The Morgan fingerprint density at radius 3 is 1.87 bits per heavy atom. The van der Waals surface area contributed by atoms with E-state index < -0.39 is 0 Å². The van der Waals surface area contributed by atoms with Gasteiger partial charge in [-0.1, -0.05) is 32.6 Å². The zero-order valence-electron chi connectivity index (χ0n) is 9.98. The third kappa shape index (κ3) is 13.2. The van der Waals surface area contributed by atoms with E-state index in [1.165, 1.54) is 38.5 Å². The van der Waals surface area contributed by atoms with Crippen LogP contribution in [0.4, 0.5) is 0 Å². The Kier molecular flexibility index (Phi) is 12.6. The van der Waals surface area contributed by atoms with E-state index in [1.54, 1.807) is 0 Å². The molecule has 1 nitrogen and oxygen atoms in total. The Bertz CT molecular complexity index is 185. The van der Waals surface area contributed by atoms with Crippen LogP contribution in [-0.2, 0) is 4.79 Å². The minimum atomic E-state index is 0.608. The fraction of sp³-hybridized carbons (Fsp3) is 0.786. The van der Waals surface area contributed by atoms with Crippen LogP contribution in [0.15, 0.2) is 0 Å². The monoisotopic (exact) mass is 207 g/mol. The second-order valence-electron chi connectivity index (χ2n) is 3.87. The predicted molar refractivity (Wildman–Crippen MR) is 65.3 cm³/mol. The van der Waals surface area contributed by atoms with E-state index in [0.717, 1.165) is 19.3 Å². The largest absolute Gasteiger partial charge is 0.291 e. The molecule has 1 heteroatoms. The molecule has 0 saturated heterocycles. The molecule has 0 aliphatic heterocycles. The van der Waals surface area contributed by atoms with Crippen LogP contribution in [0.3, 0.4) is 0 Å². The van der Waals surface area contributed by atoms with Crippen molar-refractivity contribution in [1.29, 1.82) is 0 Å². The van der Waals surface area contributed by atoms with Gasteiger partial charge in [-0.25, -0.2) is 0 Å². The Hall–Kier alpha value is -0.770. The number of hydrogen-bond acceptors (Lipinski definition) is 1. The fourth-order valence-electron chi connectivity index (χ4n) is 1.38. The summed E-state index contributed by atoms with van der Waals surface area (Å²) < 4.78 is 0. The molecule has 0 aromatic carbocycles. The first-order valence-corrected chi connectivity index (χ1v) is 6.22.